The maximum absolute atomic E-state index is 14.1. The number of halogens is 1. The maximum atomic E-state index is 14.1. The molecule has 0 saturated carbocycles. The summed E-state index contributed by atoms with van der Waals surface area (Å²) < 4.78 is 15.5. The number of nitrogens with zero attached hydrogens (tertiary/aromatic N) is 4. The molecule has 1 N–H and O–H groups in total. The van der Waals surface area contributed by atoms with Crippen molar-refractivity contribution in [2.24, 2.45) is 0 Å². The van der Waals surface area contributed by atoms with E-state index in [-0.39, 0.29) is 11.7 Å². The van der Waals surface area contributed by atoms with Gasteiger partial charge < -0.3 is 10.2 Å². The molecule has 2 heterocycles. The summed E-state index contributed by atoms with van der Waals surface area (Å²) in [7, 11) is 2.09. The molecule has 1 aliphatic rings. The average molecular weight is 345 g/mol. The van der Waals surface area contributed by atoms with Crippen molar-refractivity contribution in [2.45, 2.75) is 19.9 Å². The number of aryl methyl sites for hydroxylation is 1. The molecule has 2 aromatic rings. The smallest absolute Gasteiger partial charge is 0.239 e. The topological polar surface area (TPSA) is 53.4 Å². The number of aromatic nitrogens is 2. The highest BCUT2D eigenvalue weighted by atomic mass is 19.1. The number of piperazine rings is 1. The van der Waals surface area contributed by atoms with Crippen molar-refractivity contribution >= 4 is 11.7 Å². The van der Waals surface area contributed by atoms with Crippen LogP contribution in [-0.2, 0) is 4.79 Å². The minimum Gasteiger partial charge on any atom is -0.309 e. The summed E-state index contributed by atoms with van der Waals surface area (Å²) >= 11 is 0. The first kappa shape index (κ1) is 17.6. The van der Waals surface area contributed by atoms with Crippen molar-refractivity contribution in [3.05, 3.63) is 41.8 Å². The summed E-state index contributed by atoms with van der Waals surface area (Å²) in [6.45, 7) is 7.00. The molecule has 7 heteroatoms. The second-order valence-corrected chi connectivity index (χ2v) is 6.66. The molecule has 0 radical (unpaired) electrons. The summed E-state index contributed by atoms with van der Waals surface area (Å²) in [6.07, 6.45) is 0. The predicted molar refractivity (Wildman–Crippen MR) is 95.4 cm³/mol. The van der Waals surface area contributed by atoms with Gasteiger partial charge in [-0.1, -0.05) is 12.1 Å². The molecular weight excluding hydrogens is 321 g/mol. The van der Waals surface area contributed by atoms with Gasteiger partial charge in [-0.05, 0) is 33.0 Å². The van der Waals surface area contributed by atoms with Gasteiger partial charge in [-0.25, -0.2) is 9.07 Å². The lowest BCUT2D eigenvalue weighted by Gasteiger charge is -2.37. The highest BCUT2D eigenvalue weighted by Crippen LogP contribution is 2.19. The number of hydrogen-bond acceptors (Lipinski definition) is 4. The third-order valence-electron chi connectivity index (χ3n) is 4.49. The Hall–Kier alpha value is -2.25. The van der Waals surface area contributed by atoms with Gasteiger partial charge in [0.15, 0.2) is 0 Å². The average Bonchev–Trinajstić information content (AvgIpc) is 2.91. The van der Waals surface area contributed by atoms with Crippen LogP contribution in [0.1, 0.15) is 12.6 Å². The maximum Gasteiger partial charge on any atom is 0.239 e. The summed E-state index contributed by atoms with van der Waals surface area (Å²) in [6, 6.07) is 8.46. The normalized spacial score (nSPS) is 19.1. The number of benzene rings is 1. The van der Waals surface area contributed by atoms with E-state index >= 15 is 0 Å². The zero-order valence-electron chi connectivity index (χ0n) is 14.9. The molecule has 0 aliphatic carbocycles. The van der Waals surface area contributed by atoms with E-state index in [0.29, 0.717) is 29.8 Å². The SMILES string of the molecule is Cc1cc(NC(=O)CN2CCN(C)CC2C)n(-c2ccccc2F)n1. The van der Waals surface area contributed by atoms with Gasteiger partial charge in [0.2, 0.25) is 5.91 Å². The third-order valence-corrected chi connectivity index (χ3v) is 4.49. The van der Waals surface area contributed by atoms with Crippen LogP contribution in [0.2, 0.25) is 0 Å². The van der Waals surface area contributed by atoms with Gasteiger partial charge in [-0.15, -0.1) is 0 Å². The highest BCUT2D eigenvalue weighted by Gasteiger charge is 2.24. The number of rotatable bonds is 4. The van der Waals surface area contributed by atoms with E-state index in [1.54, 1.807) is 24.3 Å². The van der Waals surface area contributed by atoms with Gasteiger partial charge in [0.25, 0.3) is 0 Å². The van der Waals surface area contributed by atoms with E-state index in [1.807, 2.05) is 6.92 Å². The first-order valence-corrected chi connectivity index (χ1v) is 8.48. The molecule has 1 aliphatic heterocycles. The molecule has 1 amide bonds. The van der Waals surface area contributed by atoms with Crippen molar-refractivity contribution in [1.29, 1.82) is 0 Å². The molecule has 1 unspecified atom stereocenters. The molecular formula is C18H24FN5O. The summed E-state index contributed by atoms with van der Waals surface area (Å²) in [5.41, 5.74) is 1.03. The molecule has 1 atom stereocenters. The van der Waals surface area contributed by atoms with Gasteiger partial charge in [-0.3, -0.25) is 9.69 Å². The van der Waals surface area contributed by atoms with Crippen LogP contribution in [0, 0.1) is 12.7 Å². The fourth-order valence-corrected chi connectivity index (χ4v) is 3.17. The third kappa shape index (κ3) is 4.05. The van der Waals surface area contributed by atoms with E-state index < -0.39 is 0 Å². The lowest BCUT2D eigenvalue weighted by Crippen LogP contribution is -2.52. The number of anilines is 1. The summed E-state index contributed by atoms with van der Waals surface area (Å²) in [5, 5.41) is 7.18. The predicted octanol–water partition coefficient (Wildman–Crippen LogP) is 1.89. The van der Waals surface area contributed by atoms with Crippen LogP contribution in [0.4, 0.5) is 10.2 Å². The molecule has 134 valence electrons. The number of hydrogen-bond donors (Lipinski definition) is 1. The van der Waals surface area contributed by atoms with Gasteiger partial charge >= 0.3 is 0 Å². The number of amides is 1. The van der Waals surface area contributed by atoms with Crippen molar-refractivity contribution in [1.82, 2.24) is 19.6 Å². The fourth-order valence-electron chi connectivity index (χ4n) is 3.17. The van der Waals surface area contributed by atoms with Crippen LogP contribution in [0.25, 0.3) is 5.69 Å². The van der Waals surface area contributed by atoms with E-state index in [0.717, 1.165) is 19.6 Å². The van der Waals surface area contributed by atoms with Crippen LogP contribution in [0.3, 0.4) is 0 Å². The number of carbonyl (C=O) groups excluding carboxylic acids is 1. The lowest BCUT2D eigenvalue weighted by atomic mass is 10.2. The Balaban J connectivity index is 1.73. The Labute approximate surface area is 147 Å². The number of nitrogens with one attached hydrogen (secondary N) is 1. The van der Waals surface area contributed by atoms with E-state index in [2.05, 4.69) is 34.2 Å². The molecule has 0 bridgehead atoms. The molecule has 3 rings (SSSR count). The first-order valence-electron chi connectivity index (χ1n) is 8.48. The Kier molecular flexibility index (Phi) is 5.15. The minimum atomic E-state index is -0.381. The van der Waals surface area contributed by atoms with Gasteiger partial charge in [0, 0.05) is 31.7 Å². The molecule has 1 aromatic heterocycles. The molecule has 1 aromatic carbocycles. The molecule has 1 fully saturated rings. The zero-order chi connectivity index (χ0) is 18.0. The number of para-hydroxylation sites is 1. The van der Waals surface area contributed by atoms with E-state index in [1.165, 1.54) is 10.7 Å². The van der Waals surface area contributed by atoms with Crippen LogP contribution in [-0.4, -0.2) is 64.8 Å². The minimum absolute atomic E-state index is 0.117. The van der Waals surface area contributed by atoms with Crippen molar-refractivity contribution in [2.75, 3.05) is 38.5 Å². The standard InChI is InChI=1S/C18H24FN5O/c1-13-10-17(24(21-13)16-7-5-4-6-15(16)19)20-18(25)12-23-9-8-22(3)11-14(23)2/h4-7,10,14H,8-9,11-12H2,1-3H3,(H,20,25). The fraction of sp³-hybridized carbons (Fsp3) is 0.444. The second-order valence-electron chi connectivity index (χ2n) is 6.66. The number of carbonyl (C=O) groups is 1. The zero-order valence-corrected chi connectivity index (χ0v) is 14.9. The lowest BCUT2D eigenvalue weighted by molar-refractivity contribution is -0.118. The van der Waals surface area contributed by atoms with Gasteiger partial charge in [-0.2, -0.15) is 5.10 Å². The molecule has 6 nitrogen and oxygen atoms in total. The Morgan fingerprint density at radius 2 is 2.12 bits per heavy atom. The van der Waals surface area contributed by atoms with Gasteiger partial charge in [0.05, 0.1) is 12.2 Å². The van der Waals surface area contributed by atoms with E-state index in [4.69, 9.17) is 0 Å². The largest absolute Gasteiger partial charge is 0.309 e. The molecule has 0 spiro atoms. The van der Waals surface area contributed by atoms with Crippen LogP contribution in [0.15, 0.2) is 30.3 Å². The Morgan fingerprint density at radius 3 is 2.84 bits per heavy atom. The summed E-state index contributed by atoms with van der Waals surface area (Å²) in [4.78, 5) is 16.9. The quantitative estimate of drug-likeness (QED) is 0.920. The van der Waals surface area contributed by atoms with Crippen molar-refractivity contribution < 1.29 is 9.18 Å². The first-order chi connectivity index (χ1) is 11.9. The van der Waals surface area contributed by atoms with Crippen LogP contribution >= 0.6 is 0 Å². The van der Waals surface area contributed by atoms with Crippen molar-refractivity contribution in [3.8, 4) is 5.69 Å². The van der Waals surface area contributed by atoms with Crippen molar-refractivity contribution in [3.63, 3.8) is 0 Å². The van der Waals surface area contributed by atoms with Gasteiger partial charge in [0.1, 0.15) is 17.3 Å². The molecule has 1 saturated heterocycles. The monoisotopic (exact) mass is 345 g/mol. The molecule has 25 heavy (non-hydrogen) atoms. The summed E-state index contributed by atoms with van der Waals surface area (Å²) in [5.74, 6) is -0.0166. The Bertz CT molecular complexity index is 760. The second kappa shape index (κ2) is 7.33. The number of likely N-dealkylation sites (N-methyl/N-ethyl adjacent to an activating group) is 1. The Morgan fingerprint density at radius 1 is 1.36 bits per heavy atom. The van der Waals surface area contributed by atoms with Crippen LogP contribution in [0.5, 0.6) is 0 Å². The van der Waals surface area contributed by atoms with Crippen LogP contribution < -0.4 is 5.32 Å². The highest BCUT2D eigenvalue weighted by molar-refractivity contribution is 5.91. The van der Waals surface area contributed by atoms with E-state index in [9.17, 15) is 9.18 Å².